The summed E-state index contributed by atoms with van der Waals surface area (Å²) in [5.41, 5.74) is 3.12. The van der Waals surface area contributed by atoms with E-state index < -0.39 is 0 Å². The van der Waals surface area contributed by atoms with Gasteiger partial charge < -0.3 is 0 Å². The molecule has 4 rings (SSSR count). The zero-order chi connectivity index (χ0) is 13.6. The Hall–Kier alpha value is -1.87. The highest BCUT2D eigenvalue weighted by Gasteiger charge is 2.43. The Morgan fingerprint density at radius 3 is 2.70 bits per heavy atom. The summed E-state index contributed by atoms with van der Waals surface area (Å²) in [7, 11) is 0. The smallest absolute Gasteiger partial charge is 0.155 e. The van der Waals surface area contributed by atoms with E-state index >= 15 is 0 Å². The Balaban J connectivity index is 1.91. The van der Waals surface area contributed by atoms with Crippen LogP contribution in [-0.2, 0) is 5.41 Å². The second-order valence-corrected chi connectivity index (χ2v) is 5.77. The van der Waals surface area contributed by atoms with Crippen LogP contribution >= 0.6 is 11.6 Å². The van der Waals surface area contributed by atoms with E-state index in [1.165, 1.54) is 12.0 Å². The lowest BCUT2D eigenvalue weighted by molar-refractivity contribution is 0.293. The molecule has 3 aromatic rings. The Kier molecular flexibility index (Phi) is 2.57. The van der Waals surface area contributed by atoms with Crippen molar-refractivity contribution in [3.63, 3.8) is 0 Å². The Morgan fingerprint density at radius 2 is 2.00 bits per heavy atom. The molecule has 2 aromatic heterocycles. The fourth-order valence-corrected chi connectivity index (χ4v) is 3.42. The molecule has 0 amide bonds. The number of halogens is 1. The summed E-state index contributed by atoms with van der Waals surface area (Å²) in [5.74, 6) is 0. The topological polar surface area (TPSA) is 30.2 Å². The summed E-state index contributed by atoms with van der Waals surface area (Å²) in [5, 5.41) is 5.55. The molecule has 0 aliphatic heterocycles. The van der Waals surface area contributed by atoms with E-state index in [1.54, 1.807) is 6.20 Å². The number of nitrogens with zero attached hydrogens (tertiary/aromatic N) is 3. The molecule has 0 N–H and O–H groups in total. The van der Waals surface area contributed by atoms with E-state index in [1.807, 2.05) is 28.9 Å². The van der Waals surface area contributed by atoms with E-state index in [4.69, 9.17) is 16.7 Å². The molecular weight excluding hydrogens is 270 g/mol. The minimum Gasteiger partial charge on any atom is -0.237 e. The summed E-state index contributed by atoms with van der Waals surface area (Å²) in [6.45, 7) is 0. The number of aromatic nitrogens is 3. The summed E-state index contributed by atoms with van der Waals surface area (Å²) in [6, 6.07) is 12.1. The van der Waals surface area contributed by atoms with Crippen LogP contribution in [0, 0.1) is 0 Å². The lowest BCUT2D eigenvalue weighted by atomic mass is 9.62. The summed E-state index contributed by atoms with van der Waals surface area (Å²) >= 11 is 6.42. The van der Waals surface area contributed by atoms with Crippen molar-refractivity contribution in [3.05, 3.63) is 65.1 Å². The zero-order valence-electron chi connectivity index (χ0n) is 11.0. The molecule has 0 saturated heterocycles. The van der Waals surface area contributed by atoms with E-state index in [0.717, 1.165) is 29.2 Å². The van der Waals surface area contributed by atoms with Crippen LogP contribution in [0.5, 0.6) is 0 Å². The van der Waals surface area contributed by atoms with Crippen molar-refractivity contribution in [3.8, 4) is 0 Å². The largest absolute Gasteiger partial charge is 0.237 e. The van der Waals surface area contributed by atoms with Crippen LogP contribution in [0.1, 0.15) is 30.5 Å². The van der Waals surface area contributed by atoms with Crippen LogP contribution in [0.3, 0.4) is 0 Å². The molecule has 0 unspecified atom stereocenters. The van der Waals surface area contributed by atoms with Crippen molar-refractivity contribution in [2.45, 2.75) is 24.7 Å². The van der Waals surface area contributed by atoms with Gasteiger partial charge >= 0.3 is 0 Å². The Morgan fingerprint density at radius 1 is 1.15 bits per heavy atom. The summed E-state index contributed by atoms with van der Waals surface area (Å²) in [4.78, 5) is 4.36. The minimum absolute atomic E-state index is 0.0357. The SMILES string of the molecule is Clc1ccccc1C1(c2cc3ncccn3n2)CCC1. The molecule has 4 heteroatoms. The molecule has 1 saturated carbocycles. The van der Waals surface area contributed by atoms with E-state index in [9.17, 15) is 0 Å². The molecule has 0 atom stereocenters. The molecular formula is C16H14ClN3. The maximum Gasteiger partial charge on any atom is 0.155 e. The van der Waals surface area contributed by atoms with Crippen LogP contribution in [-0.4, -0.2) is 14.6 Å². The van der Waals surface area contributed by atoms with Crippen molar-refractivity contribution in [2.24, 2.45) is 0 Å². The standard InChI is InChI=1S/C16H14ClN3/c17-13-6-2-1-5-12(13)16(7-3-8-16)14-11-15-18-9-4-10-20(15)19-14/h1-2,4-6,9-11H,3,7-8H2. The average molecular weight is 284 g/mol. The van der Waals surface area contributed by atoms with Gasteiger partial charge in [0.05, 0.1) is 5.69 Å². The molecule has 0 radical (unpaired) electrons. The van der Waals surface area contributed by atoms with E-state index in [0.29, 0.717) is 0 Å². The zero-order valence-corrected chi connectivity index (χ0v) is 11.7. The summed E-state index contributed by atoms with van der Waals surface area (Å²) < 4.78 is 1.84. The maximum absolute atomic E-state index is 6.42. The predicted molar refractivity (Wildman–Crippen MR) is 79.1 cm³/mol. The van der Waals surface area contributed by atoms with Crippen LogP contribution in [0.2, 0.25) is 5.02 Å². The van der Waals surface area contributed by atoms with Gasteiger partial charge in [0, 0.05) is 28.9 Å². The fourth-order valence-electron chi connectivity index (χ4n) is 3.11. The van der Waals surface area contributed by atoms with Crippen LogP contribution in [0.25, 0.3) is 5.65 Å². The van der Waals surface area contributed by atoms with E-state index in [2.05, 4.69) is 23.2 Å². The first-order valence-corrected chi connectivity index (χ1v) is 7.23. The third-order valence-corrected chi connectivity index (χ3v) is 4.65. The third-order valence-electron chi connectivity index (χ3n) is 4.32. The van der Waals surface area contributed by atoms with Crippen LogP contribution < -0.4 is 0 Å². The Labute approximate surface area is 122 Å². The van der Waals surface area contributed by atoms with Crippen molar-refractivity contribution in [2.75, 3.05) is 0 Å². The molecule has 0 spiro atoms. The van der Waals surface area contributed by atoms with Crippen LogP contribution in [0.4, 0.5) is 0 Å². The van der Waals surface area contributed by atoms with Gasteiger partial charge in [-0.3, -0.25) is 0 Å². The highest BCUT2D eigenvalue weighted by Crippen LogP contribution is 2.50. The Bertz CT molecular complexity index is 741. The van der Waals surface area contributed by atoms with Gasteiger partial charge in [-0.2, -0.15) is 5.10 Å². The number of benzene rings is 1. The van der Waals surface area contributed by atoms with Gasteiger partial charge in [0.1, 0.15) is 0 Å². The number of hydrogen-bond acceptors (Lipinski definition) is 2. The van der Waals surface area contributed by atoms with Gasteiger partial charge in [-0.05, 0) is 30.5 Å². The quantitative estimate of drug-likeness (QED) is 0.715. The fraction of sp³-hybridized carbons (Fsp3) is 0.250. The lowest BCUT2D eigenvalue weighted by Gasteiger charge is -2.41. The maximum atomic E-state index is 6.42. The van der Waals surface area contributed by atoms with Crippen molar-refractivity contribution in [1.82, 2.24) is 14.6 Å². The molecule has 1 aromatic carbocycles. The lowest BCUT2D eigenvalue weighted by Crippen LogP contribution is -2.36. The first-order chi connectivity index (χ1) is 9.79. The summed E-state index contributed by atoms with van der Waals surface area (Å²) in [6.07, 6.45) is 7.14. The van der Waals surface area contributed by atoms with E-state index in [-0.39, 0.29) is 5.41 Å². The van der Waals surface area contributed by atoms with Gasteiger partial charge in [0.2, 0.25) is 0 Å². The molecule has 20 heavy (non-hydrogen) atoms. The molecule has 2 heterocycles. The van der Waals surface area contributed by atoms with Gasteiger partial charge in [0.25, 0.3) is 0 Å². The first kappa shape index (κ1) is 11.9. The average Bonchev–Trinajstić information content (AvgIpc) is 2.83. The van der Waals surface area contributed by atoms with Crippen molar-refractivity contribution >= 4 is 17.2 Å². The normalized spacial score (nSPS) is 17.1. The van der Waals surface area contributed by atoms with Gasteiger partial charge in [-0.15, -0.1) is 0 Å². The molecule has 1 aliphatic carbocycles. The van der Waals surface area contributed by atoms with Crippen molar-refractivity contribution < 1.29 is 0 Å². The molecule has 1 fully saturated rings. The monoisotopic (exact) mass is 283 g/mol. The highest BCUT2D eigenvalue weighted by atomic mass is 35.5. The predicted octanol–water partition coefficient (Wildman–Crippen LogP) is 3.85. The van der Waals surface area contributed by atoms with Crippen molar-refractivity contribution in [1.29, 1.82) is 0 Å². The number of hydrogen-bond donors (Lipinski definition) is 0. The highest BCUT2D eigenvalue weighted by molar-refractivity contribution is 6.31. The van der Waals surface area contributed by atoms with Gasteiger partial charge in [0.15, 0.2) is 5.65 Å². The number of fused-ring (bicyclic) bond motifs is 1. The van der Waals surface area contributed by atoms with Gasteiger partial charge in [-0.25, -0.2) is 9.50 Å². The first-order valence-electron chi connectivity index (χ1n) is 6.85. The number of rotatable bonds is 2. The molecule has 3 nitrogen and oxygen atoms in total. The van der Waals surface area contributed by atoms with Crippen LogP contribution in [0.15, 0.2) is 48.8 Å². The molecule has 100 valence electrons. The minimum atomic E-state index is -0.0357. The third kappa shape index (κ3) is 1.59. The second kappa shape index (κ2) is 4.32. The molecule has 0 bridgehead atoms. The second-order valence-electron chi connectivity index (χ2n) is 5.37. The molecule has 1 aliphatic rings. The van der Waals surface area contributed by atoms with Gasteiger partial charge in [-0.1, -0.05) is 36.2 Å².